The number of aromatic nitrogens is 2. The quantitative estimate of drug-likeness (QED) is 0.588. The number of nitrogens with zero attached hydrogens (tertiary/aromatic N) is 4. The van der Waals surface area contributed by atoms with Crippen molar-refractivity contribution in [3.8, 4) is 0 Å². The maximum Gasteiger partial charge on any atom is 0.254 e. The maximum atomic E-state index is 6.54. The summed E-state index contributed by atoms with van der Waals surface area (Å²) < 4.78 is 20.7. The third-order valence-electron chi connectivity index (χ3n) is 5.97. The summed E-state index contributed by atoms with van der Waals surface area (Å²) in [6, 6.07) is 10.6. The fourth-order valence-corrected chi connectivity index (χ4v) is 4.23. The van der Waals surface area contributed by atoms with Crippen LogP contribution in [0.15, 0.2) is 42.7 Å². The van der Waals surface area contributed by atoms with Gasteiger partial charge in [0.1, 0.15) is 12.8 Å². The molecule has 3 heterocycles. The molecule has 164 valence electrons. The Morgan fingerprint density at radius 3 is 2.63 bits per heavy atom. The number of piperazine rings is 1. The smallest absolute Gasteiger partial charge is 0.254 e. The van der Waals surface area contributed by atoms with Crippen molar-refractivity contribution in [1.82, 2.24) is 14.5 Å². The topological polar surface area (TPSA) is 52.0 Å². The molecule has 0 bridgehead atoms. The number of unbranched alkanes of at least 4 members (excludes halogenated alkanes) is 2. The Balaban J connectivity index is 1.37. The van der Waals surface area contributed by atoms with Crippen molar-refractivity contribution in [3.05, 3.63) is 48.5 Å². The van der Waals surface area contributed by atoms with Crippen molar-refractivity contribution < 1.29 is 14.2 Å². The lowest BCUT2D eigenvalue weighted by Gasteiger charge is -2.38. The first-order valence-corrected chi connectivity index (χ1v) is 11.1. The summed E-state index contributed by atoms with van der Waals surface area (Å²) in [4.78, 5) is 9.32. The zero-order chi connectivity index (χ0) is 20.8. The van der Waals surface area contributed by atoms with Gasteiger partial charge in [-0.1, -0.05) is 38.0 Å². The van der Waals surface area contributed by atoms with Crippen LogP contribution in [0.4, 0.5) is 5.69 Å². The SMILES string of the molecule is CCCCCOCC1(c2nccn2C)OCC(N2CCN(c3ccccc3)CC2)O1. The van der Waals surface area contributed by atoms with Crippen molar-refractivity contribution in [2.24, 2.45) is 7.05 Å². The first kappa shape index (κ1) is 21.3. The van der Waals surface area contributed by atoms with Gasteiger partial charge < -0.3 is 23.7 Å². The average Bonchev–Trinajstić information content (AvgIpc) is 3.42. The number of rotatable bonds is 9. The number of hydrogen-bond acceptors (Lipinski definition) is 6. The van der Waals surface area contributed by atoms with E-state index in [1.807, 2.05) is 17.8 Å². The first-order valence-electron chi connectivity index (χ1n) is 11.1. The van der Waals surface area contributed by atoms with Crippen LogP contribution in [-0.4, -0.2) is 66.7 Å². The molecule has 0 N–H and O–H groups in total. The lowest BCUT2D eigenvalue weighted by molar-refractivity contribution is -0.230. The molecule has 2 aromatic rings. The van der Waals surface area contributed by atoms with Gasteiger partial charge in [-0.25, -0.2) is 4.98 Å². The Morgan fingerprint density at radius 2 is 1.93 bits per heavy atom. The van der Waals surface area contributed by atoms with E-state index in [1.54, 1.807) is 6.20 Å². The molecule has 0 aliphatic carbocycles. The third kappa shape index (κ3) is 4.70. The van der Waals surface area contributed by atoms with Crippen LogP contribution in [0.25, 0.3) is 0 Å². The summed E-state index contributed by atoms with van der Waals surface area (Å²) in [7, 11) is 1.97. The van der Waals surface area contributed by atoms with E-state index in [0.717, 1.165) is 38.4 Å². The summed E-state index contributed by atoms with van der Waals surface area (Å²) in [5.41, 5.74) is 1.28. The molecule has 2 atom stereocenters. The van der Waals surface area contributed by atoms with Crippen LogP contribution >= 0.6 is 0 Å². The Kier molecular flexibility index (Phi) is 7.04. The van der Waals surface area contributed by atoms with E-state index in [4.69, 9.17) is 14.2 Å². The Bertz CT molecular complexity index is 776. The fourth-order valence-electron chi connectivity index (χ4n) is 4.23. The molecular weight excluding hydrogens is 380 g/mol. The predicted molar refractivity (Wildman–Crippen MR) is 116 cm³/mol. The van der Waals surface area contributed by atoms with Crippen molar-refractivity contribution in [1.29, 1.82) is 0 Å². The minimum absolute atomic E-state index is 0.0844. The number of para-hydroxylation sites is 1. The summed E-state index contributed by atoms with van der Waals surface area (Å²) in [6.45, 7) is 7.64. The van der Waals surface area contributed by atoms with Crippen LogP contribution in [0.5, 0.6) is 0 Å². The van der Waals surface area contributed by atoms with Gasteiger partial charge >= 0.3 is 0 Å². The molecule has 2 aliphatic heterocycles. The van der Waals surface area contributed by atoms with Crippen molar-refractivity contribution >= 4 is 5.69 Å². The summed E-state index contributed by atoms with van der Waals surface area (Å²) >= 11 is 0. The minimum atomic E-state index is -0.939. The number of ether oxygens (including phenoxy) is 3. The van der Waals surface area contributed by atoms with Gasteiger partial charge in [0.15, 0.2) is 5.82 Å². The van der Waals surface area contributed by atoms with E-state index in [2.05, 4.69) is 52.0 Å². The number of anilines is 1. The third-order valence-corrected chi connectivity index (χ3v) is 5.97. The lowest BCUT2D eigenvalue weighted by atomic mass is 10.2. The first-order chi connectivity index (χ1) is 14.7. The molecule has 2 aliphatic rings. The van der Waals surface area contributed by atoms with Gasteiger partial charge in [-0.15, -0.1) is 0 Å². The summed E-state index contributed by atoms with van der Waals surface area (Å²) in [6.07, 6.45) is 7.03. The highest BCUT2D eigenvalue weighted by atomic mass is 16.8. The Labute approximate surface area is 179 Å². The van der Waals surface area contributed by atoms with Crippen LogP contribution in [0.2, 0.25) is 0 Å². The highest BCUT2D eigenvalue weighted by molar-refractivity contribution is 5.46. The summed E-state index contributed by atoms with van der Waals surface area (Å²) in [5.74, 6) is -0.172. The maximum absolute atomic E-state index is 6.54. The second kappa shape index (κ2) is 9.92. The Morgan fingerprint density at radius 1 is 1.13 bits per heavy atom. The molecule has 0 amide bonds. The zero-order valence-electron chi connectivity index (χ0n) is 18.2. The van der Waals surface area contributed by atoms with Crippen LogP contribution in [-0.2, 0) is 27.0 Å². The van der Waals surface area contributed by atoms with Crippen molar-refractivity contribution in [2.75, 3.05) is 50.9 Å². The molecule has 4 rings (SSSR count). The molecule has 1 aromatic heterocycles. The lowest BCUT2D eigenvalue weighted by Crippen LogP contribution is -2.51. The van der Waals surface area contributed by atoms with Gasteiger partial charge in [-0.05, 0) is 18.6 Å². The predicted octanol–water partition coefficient (Wildman–Crippen LogP) is 2.97. The van der Waals surface area contributed by atoms with E-state index in [9.17, 15) is 0 Å². The van der Waals surface area contributed by atoms with Gasteiger partial charge in [0.25, 0.3) is 5.79 Å². The van der Waals surface area contributed by atoms with Crippen LogP contribution < -0.4 is 4.90 Å². The van der Waals surface area contributed by atoms with E-state index >= 15 is 0 Å². The van der Waals surface area contributed by atoms with Gasteiger partial charge in [0.05, 0.1) is 6.61 Å². The van der Waals surface area contributed by atoms with Crippen molar-refractivity contribution in [2.45, 2.75) is 38.2 Å². The monoisotopic (exact) mass is 414 g/mol. The summed E-state index contributed by atoms with van der Waals surface area (Å²) in [5, 5.41) is 0. The molecule has 2 saturated heterocycles. The average molecular weight is 415 g/mol. The zero-order valence-corrected chi connectivity index (χ0v) is 18.2. The van der Waals surface area contributed by atoms with Gasteiger partial charge in [-0.2, -0.15) is 0 Å². The van der Waals surface area contributed by atoms with Gasteiger partial charge in [-0.3, -0.25) is 4.90 Å². The molecule has 0 saturated carbocycles. The highest BCUT2D eigenvalue weighted by Crippen LogP contribution is 2.35. The molecule has 7 heteroatoms. The van der Waals surface area contributed by atoms with E-state index in [1.165, 1.54) is 18.5 Å². The number of hydrogen-bond donors (Lipinski definition) is 0. The number of aryl methyl sites for hydroxylation is 1. The fraction of sp³-hybridized carbons (Fsp3) is 0.609. The molecule has 0 radical (unpaired) electrons. The van der Waals surface area contributed by atoms with E-state index in [-0.39, 0.29) is 6.23 Å². The van der Waals surface area contributed by atoms with Crippen LogP contribution in [0.1, 0.15) is 32.0 Å². The molecule has 1 aromatic carbocycles. The normalized spacial score (nSPS) is 25.1. The molecule has 30 heavy (non-hydrogen) atoms. The van der Waals surface area contributed by atoms with Crippen LogP contribution in [0, 0.1) is 0 Å². The van der Waals surface area contributed by atoms with E-state index < -0.39 is 5.79 Å². The molecular formula is C23H34N4O3. The van der Waals surface area contributed by atoms with Gasteiger partial charge in [0.2, 0.25) is 0 Å². The van der Waals surface area contributed by atoms with Gasteiger partial charge in [0, 0.05) is 57.9 Å². The van der Waals surface area contributed by atoms with E-state index in [0.29, 0.717) is 19.8 Å². The van der Waals surface area contributed by atoms with Crippen molar-refractivity contribution in [3.63, 3.8) is 0 Å². The molecule has 2 fully saturated rings. The van der Waals surface area contributed by atoms with Crippen LogP contribution in [0.3, 0.4) is 0 Å². The standard InChI is InChI=1S/C23H34N4O3/c1-3-4-8-17-28-19-23(22-24-11-12-25(22)2)29-18-21(30-23)27-15-13-26(14-16-27)20-9-6-5-7-10-20/h5-7,9-12,21H,3-4,8,13-19H2,1-2H3. The highest BCUT2D eigenvalue weighted by Gasteiger charge is 2.48. The number of benzene rings is 1. The minimum Gasteiger partial charge on any atom is -0.375 e. The molecule has 7 nitrogen and oxygen atoms in total. The second-order valence-electron chi connectivity index (χ2n) is 8.12. The second-order valence-corrected chi connectivity index (χ2v) is 8.12. The largest absolute Gasteiger partial charge is 0.375 e. The number of imidazole rings is 1. The molecule has 2 unspecified atom stereocenters. The Hall–Kier alpha value is -1.93. The molecule has 0 spiro atoms.